The van der Waals surface area contributed by atoms with Gasteiger partial charge in [0.25, 0.3) is 5.91 Å². The number of anilines is 1. The lowest BCUT2D eigenvalue weighted by Gasteiger charge is -2.14. The van der Waals surface area contributed by atoms with Gasteiger partial charge >= 0.3 is 0 Å². The van der Waals surface area contributed by atoms with Crippen LogP contribution in [-0.2, 0) is 11.2 Å². The fourth-order valence-electron chi connectivity index (χ4n) is 2.93. The maximum absolute atomic E-state index is 12.3. The van der Waals surface area contributed by atoms with Crippen molar-refractivity contribution in [1.29, 1.82) is 0 Å². The van der Waals surface area contributed by atoms with E-state index >= 15 is 0 Å². The minimum Gasteiger partial charge on any atom is -0.493 e. The average Bonchev–Trinajstić information content (AvgIpc) is 2.79. The highest BCUT2D eigenvalue weighted by molar-refractivity contribution is 14.1. The van der Waals surface area contributed by atoms with Gasteiger partial charge in [-0.3, -0.25) is 9.79 Å². The fourth-order valence-corrected chi connectivity index (χ4v) is 3.89. The van der Waals surface area contributed by atoms with Gasteiger partial charge in [-0.1, -0.05) is 36.7 Å². The first-order valence-electron chi connectivity index (χ1n) is 10.1. The van der Waals surface area contributed by atoms with Crippen LogP contribution in [0, 0.1) is 10.5 Å². The molecule has 166 valence electrons. The molecule has 7 heteroatoms. The summed E-state index contributed by atoms with van der Waals surface area (Å²) < 4.78 is 12.1. The lowest BCUT2D eigenvalue weighted by atomic mass is 10.1. The molecule has 3 rings (SSSR count). The molecule has 0 saturated carbocycles. The number of nitrogens with one attached hydrogen (secondary N) is 1. The van der Waals surface area contributed by atoms with E-state index in [1.165, 1.54) is 5.56 Å². The topological polar surface area (TPSA) is 59.9 Å². The molecule has 0 aliphatic carbocycles. The van der Waals surface area contributed by atoms with Crippen LogP contribution in [0.15, 0.2) is 59.6 Å². The number of halogens is 2. The number of carbonyl (C=O) groups is 1. The van der Waals surface area contributed by atoms with Crippen LogP contribution in [-0.4, -0.2) is 25.8 Å². The summed E-state index contributed by atoms with van der Waals surface area (Å²) in [4.78, 5) is 16.9. The van der Waals surface area contributed by atoms with Gasteiger partial charge in [0, 0.05) is 16.9 Å². The largest absolute Gasteiger partial charge is 0.493 e. The third-order valence-corrected chi connectivity index (χ3v) is 5.97. The smallest absolute Gasteiger partial charge is 0.262 e. The van der Waals surface area contributed by atoms with Gasteiger partial charge in [-0.25, -0.2) is 0 Å². The molecule has 0 atom stereocenters. The molecule has 0 heterocycles. The lowest BCUT2D eigenvalue weighted by Crippen LogP contribution is -2.20. The van der Waals surface area contributed by atoms with Crippen molar-refractivity contribution in [3.05, 3.63) is 79.9 Å². The molecule has 32 heavy (non-hydrogen) atoms. The van der Waals surface area contributed by atoms with Crippen molar-refractivity contribution in [2.24, 2.45) is 4.99 Å². The lowest BCUT2D eigenvalue weighted by molar-refractivity contribution is -0.118. The SMILES string of the molecule is CCc1ccc(N=Cc2cc(I)c(OCC(=O)Nc3ccc(C)c(Cl)c3)c(OC)c2)cc1. The van der Waals surface area contributed by atoms with Gasteiger partial charge in [0.1, 0.15) is 0 Å². The monoisotopic (exact) mass is 562 g/mol. The van der Waals surface area contributed by atoms with Crippen LogP contribution in [0.1, 0.15) is 23.6 Å². The summed E-state index contributed by atoms with van der Waals surface area (Å²) in [5, 5.41) is 3.38. The molecule has 0 unspecified atom stereocenters. The second kappa shape index (κ2) is 11.3. The maximum Gasteiger partial charge on any atom is 0.262 e. The fraction of sp³-hybridized carbons (Fsp3) is 0.200. The highest BCUT2D eigenvalue weighted by Crippen LogP contribution is 2.34. The number of aryl methyl sites for hydroxylation is 2. The highest BCUT2D eigenvalue weighted by atomic mass is 127. The standard InChI is InChI=1S/C25H24ClIN2O3/c1-4-17-6-9-19(10-7-17)28-14-18-11-22(27)25(23(12-18)31-3)32-15-24(30)29-20-8-5-16(2)21(26)13-20/h5-14H,4,15H2,1-3H3,(H,29,30). The van der Waals surface area contributed by atoms with Crippen LogP contribution in [0.4, 0.5) is 11.4 Å². The Labute approximate surface area is 206 Å². The third kappa shape index (κ3) is 6.46. The zero-order chi connectivity index (χ0) is 23.1. The zero-order valence-corrected chi connectivity index (χ0v) is 21.0. The van der Waals surface area contributed by atoms with E-state index in [1.54, 1.807) is 25.5 Å². The first kappa shape index (κ1) is 24.1. The maximum atomic E-state index is 12.3. The van der Waals surface area contributed by atoms with E-state index in [0.29, 0.717) is 22.2 Å². The molecule has 1 amide bonds. The number of rotatable bonds is 8. The molecular formula is C25H24ClIN2O3. The van der Waals surface area contributed by atoms with Gasteiger partial charge < -0.3 is 14.8 Å². The van der Waals surface area contributed by atoms with Gasteiger partial charge in [-0.05, 0) is 89.0 Å². The van der Waals surface area contributed by atoms with Crippen molar-refractivity contribution in [3.63, 3.8) is 0 Å². The molecule has 0 aliphatic heterocycles. The van der Waals surface area contributed by atoms with E-state index in [2.05, 4.69) is 52.0 Å². The van der Waals surface area contributed by atoms with E-state index in [-0.39, 0.29) is 12.5 Å². The van der Waals surface area contributed by atoms with Gasteiger partial charge in [-0.15, -0.1) is 0 Å². The minimum atomic E-state index is -0.288. The van der Waals surface area contributed by atoms with Crippen LogP contribution in [0.3, 0.4) is 0 Å². The normalized spacial score (nSPS) is 10.9. The number of aliphatic imine (C=N–C) groups is 1. The zero-order valence-electron chi connectivity index (χ0n) is 18.1. The van der Waals surface area contributed by atoms with Crippen LogP contribution < -0.4 is 14.8 Å². The van der Waals surface area contributed by atoms with Crippen LogP contribution >= 0.6 is 34.2 Å². The Morgan fingerprint density at radius 1 is 1.16 bits per heavy atom. The second-order valence-electron chi connectivity index (χ2n) is 7.11. The summed E-state index contributed by atoms with van der Waals surface area (Å²) in [5.74, 6) is 0.754. The molecular weight excluding hydrogens is 539 g/mol. The molecule has 0 aliphatic rings. The van der Waals surface area contributed by atoms with Gasteiger partial charge in [-0.2, -0.15) is 0 Å². The second-order valence-corrected chi connectivity index (χ2v) is 8.68. The Morgan fingerprint density at radius 3 is 2.56 bits per heavy atom. The summed E-state index contributed by atoms with van der Waals surface area (Å²) >= 11 is 8.27. The Balaban J connectivity index is 1.68. The Kier molecular flexibility index (Phi) is 8.53. The van der Waals surface area contributed by atoms with E-state index in [9.17, 15) is 4.79 Å². The molecule has 0 spiro atoms. The van der Waals surface area contributed by atoms with Crippen LogP contribution in [0.5, 0.6) is 11.5 Å². The molecule has 0 radical (unpaired) electrons. The first-order chi connectivity index (χ1) is 15.4. The van der Waals surface area contributed by atoms with Crippen molar-refractivity contribution < 1.29 is 14.3 Å². The summed E-state index contributed by atoms with van der Waals surface area (Å²) in [6, 6.07) is 17.3. The number of hydrogen-bond acceptors (Lipinski definition) is 4. The first-order valence-corrected chi connectivity index (χ1v) is 11.5. The molecule has 0 saturated heterocycles. The molecule has 0 aromatic heterocycles. The van der Waals surface area contributed by atoms with Crippen LogP contribution in [0.25, 0.3) is 0 Å². The number of carbonyl (C=O) groups excluding carboxylic acids is 1. The minimum absolute atomic E-state index is 0.158. The highest BCUT2D eigenvalue weighted by Gasteiger charge is 2.13. The molecule has 5 nitrogen and oxygen atoms in total. The van der Waals surface area contributed by atoms with Gasteiger partial charge in [0.2, 0.25) is 0 Å². The molecule has 1 N–H and O–H groups in total. The molecule has 3 aromatic rings. The Hall–Kier alpha value is -2.58. The number of ether oxygens (including phenoxy) is 2. The Morgan fingerprint density at radius 2 is 1.91 bits per heavy atom. The van der Waals surface area contributed by atoms with Gasteiger partial charge in [0.05, 0.1) is 16.4 Å². The van der Waals surface area contributed by atoms with E-state index in [0.717, 1.165) is 26.8 Å². The average molecular weight is 563 g/mol. The van der Waals surface area contributed by atoms with Crippen LogP contribution in [0.2, 0.25) is 5.02 Å². The predicted octanol–water partition coefficient (Wildman–Crippen LogP) is 6.59. The number of nitrogens with zero attached hydrogens (tertiary/aromatic N) is 1. The van der Waals surface area contributed by atoms with Crippen molar-refractivity contribution in [2.45, 2.75) is 20.3 Å². The number of hydrogen-bond donors (Lipinski definition) is 1. The van der Waals surface area contributed by atoms with Crippen molar-refractivity contribution in [3.8, 4) is 11.5 Å². The Bertz CT molecular complexity index is 1130. The number of methoxy groups -OCH3 is 1. The summed E-state index contributed by atoms with van der Waals surface area (Å²) in [6.07, 6.45) is 2.78. The third-order valence-electron chi connectivity index (χ3n) is 4.76. The van der Waals surface area contributed by atoms with E-state index in [1.807, 2.05) is 37.3 Å². The molecule has 0 bridgehead atoms. The van der Waals surface area contributed by atoms with Crippen molar-refractivity contribution in [1.82, 2.24) is 0 Å². The molecule has 0 fully saturated rings. The molecule has 3 aromatic carbocycles. The van der Waals surface area contributed by atoms with Crippen molar-refractivity contribution in [2.75, 3.05) is 19.0 Å². The number of benzene rings is 3. The summed E-state index contributed by atoms with van der Waals surface area (Å²) in [5.41, 5.74) is 4.59. The summed E-state index contributed by atoms with van der Waals surface area (Å²) in [6.45, 7) is 3.87. The van der Waals surface area contributed by atoms with Gasteiger partial charge in [0.15, 0.2) is 18.1 Å². The number of amides is 1. The summed E-state index contributed by atoms with van der Waals surface area (Å²) in [7, 11) is 1.57. The van der Waals surface area contributed by atoms with E-state index in [4.69, 9.17) is 21.1 Å². The quantitative estimate of drug-likeness (QED) is 0.249. The van der Waals surface area contributed by atoms with Crippen molar-refractivity contribution >= 4 is 57.7 Å². The predicted molar refractivity (Wildman–Crippen MR) is 139 cm³/mol. The van der Waals surface area contributed by atoms with E-state index < -0.39 is 0 Å².